The molecule has 66 valence electrons. The van der Waals surface area contributed by atoms with Crippen molar-refractivity contribution in [3.8, 4) is 11.5 Å². The minimum Gasteiger partial charge on any atom is -0.496 e. The number of ether oxygens (including phenoxy) is 2. The molecule has 0 spiro atoms. The van der Waals surface area contributed by atoms with Gasteiger partial charge in [-0.2, -0.15) is 0 Å². The summed E-state index contributed by atoms with van der Waals surface area (Å²) in [4.78, 5) is 0. The third kappa shape index (κ3) is 1.51. The van der Waals surface area contributed by atoms with Gasteiger partial charge in [0.2, 0.25) is 0 Å². The predicted molar refractivity (Wildman–Crippen MR) is 45.5 cm³/mol. The highest BCUT2D eigenvalue weighted by atomic mass is 16.5. The summed E-state index contributed by atoms with van der Waals surface area (Å²) in [6, 6.07) is 5.39. The number of hydrogen-bond acceptors (Lipinski definition) is 3. The molecule has 1 rings (SSSR count). The predicted octanol–water partition coefficient (Wildman–Crippen LogP) is 1.20. The smallest absolute Gasteiger partial charge is 0.128 e. The Morgan fingerprint density at radius 1 is 1.17 bits per heavy atom. The van der Waals surface area contributed by atoms with Crippen LogP contribution in [0.25, 0.3) is 0 Å². The van der Waals surface area contributed by atoms with Gasteiger partial charge in [0.1, 0.15) is 11.5 Å². The van der Waals surface area contributed by atoms with E-state index in [4.69, 9.17) is 14.6 Å². The monoisotopic (exact) mass is 168 g/mol. The molecule has 0 aromatic heterocycles. The Morgan fingerprint density at radius 3 is 2.00 bits per heavy atom. The fraction of sp³-hybridized carbons (Fsp3) is 0.333. The summed E-state index contributed by atoms with van der Waals surface area (Å²) in [5.74, 6) is 1.30. The van der Waals surface area contributed by atoms with Gasteiger partial charge >= 0.3 is 0 Å². The van der Waals surface area contributed by atoms with Gasteiger partial charge in [-0.3, -0.25) is 0 Å². The van der Waals surface area contributed by atoms with Crippen LogP contribution in [0.5, 0.6) is 11.5 Å². The summed E-state index contributed by atoms with van der Waals surface area (Å²) in [5.41, 5.74) is 0.683. The van der Waals surface area contributed by atoms with Gasteiger partial charge in [0.25, 0.3) is 0 Å². The molecular weight excluding hydrogens is 156 g/mol. The van der Waals surface area contributed by atoms with E-state index in [1.54, 1.807) is 26.4 Å². The Kier molecular flexibility index (Phi) is 2.94. The van der Waals surface area contributed by atoms with Crippen LogP contribution >= 0.6 is 0 Å². The van der Waals surface area contributed by atoms with Gasteiger partial charge in [0.05, 0.1) is 26.4 Å². The summed E-state index contributed by atoms with van der Waals surface area (Å²) < 4.78 is 10.1. The van der Waals surface area contributed by atoms with Crippen LogP contribution in [0.3, 0.4) is 0 Å². The first-order chi connectivity index (χ1) is 5.83. The van der Waals surface area contributed by atoms with Crippen molar-refractivity contribution in [2.45, 2.75) is 6.61 Å². The van der Waals surface area contributed by atoms with Crippen LogP contribution in [0.4, 0.5) is 0 Å². The lowest BCUT2D eigenvalue weighted by atomic mass is 10.2. The van der Waals surface area contributed by atoms with Gasteiger partial charge in [-0.1, -0.05) is 6.07 Å². The maximum absolute atomic E-state index is 9.00. The molecule has 3 nitrogen and oxygen atoms in total. The van der Waals surface area contributed by atoms with Crippen LogP contribution in [0.15, 0.2) is 18.2 Å². The van der Waals surface area contributed by atoms with Crippen LogP contribution in [-0.4, -0.2) is 19.3 Å². The zero-order chi connectivity index (χ0) is 8.97. The number of aliphatic hydroxyl groups is 1. The molecular formula is C9H12O3. The van der Waals surface area contributed by atoms with E-state index >= 15 is 0 Å². The summed E-state index contributed by atoms with van der Waals surface area (Å²) >= 11 is 0. The van der Waals surface area contributed by atoms with Crippen molar-refractivity contribution in [2.75, 3.05) is 14.2 Å². The largest absolute Gasteiger partial charge is 0.496 e. The Bertz CT molecular complexity index is 236. The van der Waals surface area contributed by atoms with E-state index in [1.165, 1.54) is 0 Å². The molecule has 1 aromatic rings. The molecule has 12 heavy (non-hydrogen) atoms. The molecule has 0 saturated carbocycles. The SMILES string of the molecule is COc1cccc(OC)c1CO. The first kappa shape index (κ1) is 8.87. The molecule has 0 saturated heterocycles. The van der Waals surface area contributed by atoms with E-state index < -0.39 is 0 Å². The third-order valence-corrected chi connectivity index (χ3v) is 1.69. The zero-order valence-corrected chi connectivity index (χ0v) is 7.20. The average molecular weight is 168 g/mol. The van der Waals surface area contributed by atoms with Crippen molar-refractivity contribution in [3.05, 3.63) is 23.8 Å². The quantitative estimate of drug-likeness (QED) is 0.737. The van der Waals surface area contributed by atoms with Gasteiger partial charge in [-0.15, -0.1) is 0 Å². The fourth-order valence-corrected chi connectivity index (χ4v) is 1.08. The van der Waals surface area contributed by atoms with Gasteiger partial charge in [-0.25, -0.2) is 0 Å². The van der Waals surface area contributed by atoms with Crippen LogP contribution in [0.1, 0.15) is 5.56 Å². The Morgan fingerprint density at radius 2 is 1.67 bits per heavy atom. The molecule has 0 fully saturated rings. The minimum atomic E-state index is -0.0762. The first-order valence-corrected chi connectivity index (χ1v) is 3.64. The molecule has 0 aliphatic rings. The van der Waals surface area contributed by atoms with Gasteiger partial charge in [-0.05, 0) is 12.1 Å². The van der Waals surface area contributed by atoms with Crippen molar-refractivity contribution in [2.24, 2.45) is 0 Å². The van der Waals surface area contributed by atoms with Crippen LogP contribution in [0.2, 0.25) is 0 Å². The molecule has 0 bridgehead atoms. The highest BCUT2D eigenvalue weighted by Crippen LogP contribution is 2.27. The number of aliphatic hydroxyl groups excluding tert-OH is 1. The van der Waals surface area contributed by atoms with Crippen molar-refractivity contribution in [1.82, 2.24) is 0 Å². The molecule has 0 amide bonds. The van der Waals surface area contributed by atoms with Crippen LogP contribution < -0.4 is 9.47 Å². The van der Waals surface area contributed by atoms with Gasteiger partial charge in [0, 0.05) is 0 Å². The van der Waals surface area contributed by atoms with E-state index in [0.29, 0.717) is 17.1 Å². The first-order valence-electron chi connectivity index (χ1n) is 3.64. The molecule has 1 aromatic carbocycles. The highest BCUT2D eigenvalue weighted by Gasteiger charge is 2.06. The minimum absolute atomic E-state index is 0.0762. The molecule has 0 unspecified atom stereocenters. The average Bonchev–Trinajstić information content (AvgIpc) is 2.16. The lowest BCUT2D eigenvalue weighted by Gasteiger charge is -2.09. The molecule has 0 aliphatic carbocycles. The number of hydrogen-bond donors (Lipinski definition) is 1. The normalized spacial score (nSPS) is 9.58. The van der Waals surface area contributed by atoms with E-state index in [2.05, 4.69) is 0 Å². The van der Waals surface area contributed by atoms with E-state index in [9.17, 15) is 0 Å². The van der Waals surface area contributed by atoms with Crippen molar-refractivity contribution < 1.29 is 14.6 Å². The third-order valence-electron chi connectivity index (χ3n) is 1.69. The second-order valence-corrected chi connectivity index (χ2v) is 2.30. The van der Waals surface area contributed by atoms with Crippen molar-refractivity contribution >= 4 is 0 Å². The molecule has 0 heterocycles. The Labute approximate surface area is 71.5 Å². The summed E-state index contributed by atoms with van der Waals surface area (Å²) in [6.45, 7) is -0.0762. The Hall–Kier alpha value is -1.22. The van der Waals surface area contributed by atoms with E-state index in [1.807, 2.05) is 6.07 Å². The lowest BCUT2D eigenvalue weighted by Crippen LogP contribution is -1.95. The van der Waals surface area contributed by atoms with Crippen LogP contribution in [0, 0.1) is 0 Å². The molecule has 0 radical (unpaired) electrons. The second kappa shape index (κ2) is 3.97. The number of rotatable bonds is 3. The standard InChI is InChI=1S/C9H12O3/c1-11-8-4-3-5-9(12-2)7(8)6-10/h3-5,10H,6H2,1-2H3. The van der Waals surface area contributed by atoms with E-state index in [-0.39, 0.29) is 6.61 Å². The fourth-order valence-electron chi connectivity index (χ4n) is 1.08. The van der Waals surface area contributed by atoms with Crippen molar-refractivity contribution in [1.29, 1.82) is 0 Å². The lowest BCUT2D eigenvalue weighted by molar-refractivity contribution is 0.265. The highest BCUT2D eigenvalue weighted by molar-refractivity contribution is 5.44. The molecule has 0 atom stereocenters. The maximum Gasteiger partial charge on any atom is 0.128 e. The van der Waals surface area contributed by atoms with E-state index in [0.717, 1.165) is 0 Å². The molecule has 1 N–H and O–H groups in total. The molecule has 0 aliphatic heterocycles. The summed E-state index contributed by atoms with van der Waals surface area (Å²) in [6.07, 6.45) is 0. The summed E-state index contributed by atoms with van der Waals surface area (Å²) in [7, 11) is 3.13. The number of methoxy groups -OCH3 is 2. The molecule has 3 heteroatoms. The van der Waals surface area contributed by atoms with Crippen molar-refractivity contribution in [3.63, 3.8) is 0 Å². The van der Waals surface area contributed by atoms with Gasteiger partial charge in [0.15, 0.2) is 0 Å². The zero-order valence-electron chi connectivity index (χ0n) is 7.20. The number of benzene rings is 1. The second-order valence-electron chi connectivity index (χ2n) is 2.30. The summed E-state index contributed by atoms with van der Waals surface area (Å²) in [5, 5.41) is 9.00. The maximum atomic E-state index is 9.00. The Balaban J connectivity index is 3.13. The van der Waals surface area contributed by atoms with Crippen LogP contribution in [-0.2, 0) is 6.61 Å². The topological polar surface area (TPSA) is 38.7 Å². The van der Waals surface area contributed by atoms with Gasteiger partial charge < -0.3 is 14.6 Å².